The fourth-order valence-electron chi connectivity index (χ4n) is 4.62. The Morgan fingerprint density at radius 1 is 0.310 bits per heavy atom. The maximum Gasteiger partial charge on any atom is 0.0594 e. The van der Waals surface area contributed by atoms with Crippen molar-refractivity contribution in [3.05, 3.63) is 0 Å². The summed E-state index contributed by atoms with van der Waals surface area (Å²) in [5, 5.41) is 0. The quantitative estimate of drug-likeness (QED) is 0.102. The van der Waals surface area contributed by atoms with Crippen molar-refractivity contribution in [1.82, 2.24) is 0 Å². The summed E-state index contributed by atoms with van der Waals surface area (Å²) < 4.78 is 0. The van der Waals surface area contributed by atoms with Crippen LogP contribution in [0.3, 0.4) is 0 Å². The number of hydrogen-bond donors (Lipinski definition) is 0. The summed E-state index contributed by atoms with van der Waals surface area (Å²) in [6, 6.07) is 0. The Morgan fingerprint density at radius 3 is 0.862 bits per heavy atom. The lowest BCUT2D eigenvalue weighted by Gasteiger charge is -2.28. The number of hydrogen-bond acceptors (Lipinski definition) is 0. The average molecular weight is 494 g/mol. The largest absolute Gasteiger partial charge is 1.00 e. The van der Waals surface area contributed by atoms with Crippen LogP contribution in [-0.2, 0) is 0 Å². The SMILES string of the molecule is CCCCCCCCCCCCCCC[P+](CCCC)(CCCC)CCCC.[Br-]. The maximum atomic E-state index is 2.39. The maximum absolute atomic E-state index is 2.39. The molecule has 0 nitrogen and oxygen atoms in total. The highest BCUT2D eigenvalue weighted by atomic mass is 79.9. The molecule has 0 N–H and O–H groups in total. The second kappa shape index (κ2) is 25.2. The third kappa shape index (κ3) is 20.6. The van der Waals surface area contributed by atoms with Crippen molar-refractivity contribution in [1.29, 1.82) is 0 Å². The van der Waals surface area contributed by atoms with Crippen molar-refractivity contribution in [3.63, 3.8) is 0 Å². The summed E-state index contributed by atoms with van der Waals surface area (Å²) >= 11 is 0. The summed E-state index contributed by atoms with van der Waals surface area (Å²) in [6.07, 6.45) is 34.5. The van der Waals surface area contributed by atoms with Crippen LogP contribution in [0.25, 0.3) is 0 Å². The van der Waals surface area contributed by atoms with E-state index in [0.29, 0.717) is 0 Å². The fraction of sp³-hybridized carbons (Fsp3) is 1.00. The Bertz CT molecular complexity index is 270. The lowest BCUT2D eigenvalue weighted by Crippen LogP contribution is -3.00. The first-order valence-corrected chi connectivity index (χ1v) is 16.1. The van der Waals surface area contributed by atoms with Gasteiger partial charge in [-0.05, 0) is 32.1 Å². The van der Waals surface area contributed by atoms with Gasteiger partial charge in [0, 0.05) is 7.26 Å². The molecule has 0 aliphatic heterocycles. The van der Waals surface area contributed by atoms with E-state index in [2.05, 4.69) is 27.7 Å². The minimum Gasteiger partial charge on any atom is -1.00 e. The Kier molecular flexibility index (Phi) is 27.9. The van der Waals surface area contributed by atoms with E-state index >= 15 is 0 Å². The van der Waals surface area contributed by atoms with Gasteiger partial charge in [0.1, 0.15) is 0 Å². The van der Waals surface area contributed by atoms with Gasteiger partial charge in [0.25, 0.3) is 0 Å². The van der Waals surface area contributed by atoms with Crippen molar-refractivity contribution in [2.45, 2.75) is 150 Å². The molecule has 0 spiro atoms. The molecule has 0 atom stereocenters. The average Bonchev–Trinajstić information content (AvgIpc) is 2.72. The molecule has 178 valence electrons. The Labute approximate surface area is 198 Å². The minimum atomic E-state index is -0.628. The van der Waals surface area contributed by atoms with Crippen LogP contribution in [0, 0.1) is 0 Å². The van der Waals surface area contributed by atoms with E-state index in [4.69, 9.17) is 0 Å². The molecule has 0 radical (unpaired) electrons. The van der Waals surface area contributed by atoms with E-state index < -0.39 is 7.26 Å². The van der Waals surface area contributed by atoms with E-state index in [9.17, 15) is 0 Å². The standard InChI is InChI=1S/C27H58P.BrH/c1-5-9-13-14-15-16-17-18-19-20-21-22-23-27-28(24-10-6-2,25-11-7-3)26-12-8-4;/h5-27H2,1-4H3;1H/q+1;/p-1. The topological polar surface area (TPSA) is 0 Å². The van der Waals surface area contributed by atoms with Gasteiger partial charge >= 0.3 is 0 Å². The Hall–Kier alpha value is 0.910. The van der Waals surface area contributed by atoms with Gasteiger partial charge in [-0.25, -0.2) is 0 Å². The van der Waals surface area contributed by atoms with Gasteiger partial charge in [0.05, 0.1) is 24.6 Å². The van der Waals surface area contributed by atoms with Crippen molar-refractivity contribution < 1.29 is 17.0 Å². The highest BCUT2D eigenvalue weighted by Gasteiger charge is 2.34. The number of unbranched alkanes of at least 4 members (excludes halogenated alkanes) is 15. The molecule has 0 aromatic heterocycles. The first kappa shape index (κ1) is 32.1. The van der Waals surface area contributed by atoms with Crippen LogP contribution >= 0.6 is 7.26 Å². The van der Waals surface area contributed by atoms with Gasteiger partial charge in [-0.1, -0.05) is 118 Å². The molecular weight excluding hydrogens is 435 g/mol. The van der Waals surface area contributed by atoms with Gasteiger partial charge in [0.15, 0.2) is 0 Å². The third-order valence-corrected chi connectivity index (χ3v) is 11.8. The predicted octanol–water partition coefficient (Wildman–Crippen LogP) is 7.50. The lowest BCUT2D eigenvalue weighted by atomic mass is 10.1. The van der Waals surface area contributed by atoms with Crippen LogP contribution in [0.1, 0.15) is 150 Å². The molecule has 0 unspecified atom stereocenters. The Balaban J connectivity index is 0. The minimum absolute atomic E-state index is 0. The Morgan fingerprint density at radius 2 is 0.552 bits per heavy atom. The zero-order valence-corrected chi connectivity index (χ0v) is 23.6. The second-order valence-corrected chi connectivity index (χ2v) is 14.0. The summed E-state index contributed by atoms with van der Waals surface area (Å²) in [4.78, 5) is 0. The van der Waals surface area contributed by atoms with Gasteiger partial charge in [0.2, 0.25) is 0 Å². The van der Waals surface area contributed by atoms with E-state index in [-0.39, 0.29) is 17.0 Å². The molecule has 0 heterocycles. The summed E-state index contributed by atoms with van der Waals surface area (Å²) in [7, 11) is -0.628. The first-order valence-electron chi connectivity index (χ1n) is 13.6. The summed E-state index contributed by atoms with van der Waals surface area (Å²) in [5.74, 6) is 0. The molecule has 0 aliphatic rings. The van der Waals surface area contributed by atoms with Crippen LogP contribution in [0.2, 0.25) is 0 Å². The summed E-state index contributed by atoms with van der Waals surface area (Å²) in [6.45, 7) is 9.47. The monoisotopic (exact) mass is 492 g/mol. The van der Waals surface area contributed by atoms with Gasteiger partial charge in [-0.3, -0.25) is 0 Å². The van der Waals surface area contributed by atoms with Gasteiger partial charge in [-0.2, -0.15) is 0 Å². The molecular formula is C27H58BrP. The molecule has 0 aromatic rings. The van der Waals surface area contributed by atoms with Crippen molar-refractivity contribution in [2.75, 3.05) is 24.6 Å². The van der Waals surface area contributed by atoms with Crippen molar-refractivity contribution >= 4 is 7.26 Å². The third-order valence-electron chi connectivity index (χ3n) is 6.69. The lowest BCUT2D eigenvalue weighted by molar-refractivity contribution is -0.00000645. The molecule has 29 heavy (non-hydrogen) atoms. The highest BCUT2D eigenvalue weighted by molar-refractivity contribution is 7.75. The van der Waals surface area contributed by atoms with Crippen LogP contribution in [-0.4, -0.2) is 24.6 Å². The molecule has 0 rings (SSSR count). The molecule has 0 amide bonds. The molecule has 0 aromatic carbocycles. The zero-order chi connectivity index (χ0) is 20.8. The molecule has 0 aliphatic carbocycles. The van der Waals surface area contributed by atoms with Crippen molar-refractivity contribution in [3.8, 4) is 0 Å². The second-order valence-electron chi connectivity index (χ2n) is 9.54. The van der Waals surface area contributed by atoms with E-state index in [1.807, 2.05) is 0 Å². The predicted molar refractivity (Wildman–Crippen MR) is 137 cm³/mol. The molecule has 0 saturated heterocycles. The van der Waals surface area contributed by atoms with Crippen LogP contribution in [0.15, 0.2) is 0 Å². The molecule has 2 heteroatoms. The number of halogens is 1. The normalized spacial score (nSPS) is 11.6. The first-order chi connectivity index (χ1) is 13.7. The van der Waals surface area contributed by atoms with Crippen LogP contribution < -0.4 is 17.0 Å². The molecule has 0 saturated carbocycles. The van der Waals surface area contributed by atoms with Crippen LogP contribution in [0.4, 0.5) is 0 Å². The van der Waals surface area contributed by atoms with Gasteiger partial charge < -0.3 is 17.0 Å². The fourth-order valence-corrected chi connectivity index (χ4v) is 9.81. The summed E-state index contributed by atoms with van der Waals surface area (Å²) in [5.41, 5.74) is 0. The van der Waals surface area contributed by atoms with Gasteiger partial charge in [-0.15, -0.1) is 0 Å². The molecule has 0 bridgehead atoms. The highest BCUT2D eigenvalue weighted by Crippen LogP contribution is 2.61. The number of rotatable bonds is 23. The van der Waals surface area contributed by atoms with E-state index in [0.717, 1.165) is 0 Å². The van der Waals surface area contributed by atoms with Crippen molar-refractivity contribution in [2.24, 2.45) is 0 Å². The smallest absolute Gasteiger partial charge is 0.0594 e. The molecule has 0 fully saturated rings. The zero-order valence-electron chi connectivity index (χ0n) is 21.1. The van der Waals surface area contributed by atoms with E-state index in [1.165, 1.54) is 116 Å². The van der Waals surface area contributed by atoms with Crippen LogP contribution in [0.5, 0.6) is 0 Å². The van der Waals surface area contributed by atoms with E-state index in [1.54, 1.807) is 31.1 Å².